The molecule has 1 unspecified atom stereocenters. The van der Waals surface area contributed by atoms with Gasteiger partial charge in [-0.25, -0.2) is 4.98 Å². The second-order valence-electron chi connectivity index (χ2n) is 11.4. The van der Waals surface area contributed by atoms with Crippen LogP contribution < -0.4 is 15.4 Å². The summed E-state index contributed by atoms with van der Waals surface area (Å²) in [6.45, 7) is 7.07. The fourth-order valence-electron chi connectivity index (χ4n) is 5.86. The van der Waals surface area contributed by atoms with Crippen molar-refractivity contribution in [2.75, 3.05) is 17.0 Å². The van der Waals surface area contributed by atoms with Gasteiger partial charge in [0, 0.05) is 30.3 Å². The number of fused-ring (bicyclic) bond motifs is 1. The summed E-state index contributed by atoms with van der Waals surface area (Å²) >= 11 is 1.66. The van der Waals surface area contributed by atoms with Crippen LogP contribution in [0.4, 0.5) is 5.69 Å². The summed E-state index contributed by atoms with van der Waals surface area (Å²) in [5.41, 5.74) is 8.62. The predicted octanol–water partition coefficient (Wildman–Crippen LogP) is 5.58. The van der Waals surface area contributed by atoms with Crippen molar-refractivity contribution >= 4 is 45.5 Å². The third-order valence-corrected chi connectivity index (χ3v) is 9.15. The SMILES string of the molecule is CCc1ccc2c3c1cc(C(=O)N[C@@H](Cc1ccccc1)[C@H](O)CNCc1cnc4cc(C)ccc4n1)n3C(C)CSN2. The Morgan fingerprint density at radius 2 is 1.98 bits per heavy atom. The summed E-state index contributed by atoms with van der Waals surface area (Å²) < 4.78 is 5.63. The van der Waals surface area contributed by atoms with E-state index >= 15 is 0 Å². The first kappa shape index (κ1) is 29.2. The molecule has 0 bridgehead atoms. The third kappa shape index (κ3) is 6.25. The average molecular weight is 595 g/mol. The Morgan fingerprint density at radius 1 is 1.14 bits per heavy atom. The number of aryl methyl sites for hydroxylation is 2. The Morgan fingerprint density at radius 3 is 2.79 bits per heavy atom. The lowest BCUT2D eigenvalue weighted by molar-refractivity contribution is 0.0820. The van der Waals surface area contributed by atoms with Gasteiger partial charge < -0.3 is 25.0 Å². The largest absolute Gasteiger partial charge is 0.390 e. The number of hydrogen-bond donors (Lipinski definition) is 4. The summed E-state index contributed by atoms with van der Waals surface area (Å²) in [5, 5.41) is 19.1. The predicted molar refractivity (Wildman–Crippen MR) is 175 cm³/mol. The molecule has 0 saturated heterocycles. The number of hydrogen-bond acceptors (Lipinski definition) is 7. The normalized spacial score (nSPS) is 16.0. The van der Waals surface area contributed by atoms with Crippen LogP contribution in [-0.2, 0) is 19.4 Å². The molecule has 222 valence electrons. The number of nitrogens with zero attached hydrogens (tertiary/aromatic N) is 3. The molecular formula is C34H38N6O2S. The first-order chi connectivity index (χ1) is 20.9. The number of carbonyl (C=O) groups is 1. The van der Waals surface area contributed by atoms with Gasteiger partial charge in [-0.1, -0.05) is 61.3 Å². The van der Waals surface area contributed by atoms with Crippen LogP contribution in [0.1, 0.15) is 52.8 Å². The Balaban J connectivity index is 1.23. The Hall–Kier alpha value is -3.92. The molecule has 3 aromatic carbocycles. The standard InChI is InChI=1S/C34H38N6O2S/c1-4-24-11-13-28-33-26(24)16-31(40(33)22(3)20-43-39-28)34(42)38-30(15-23-8-6-5-7-9-23)32(41)19-35-17-25-18-36-29-14-21(2)10-12-27(29)37-25/h5-14,16,18,22,30,32,35,39,41H,4,15,17,19-20H2,1-3H3,(H,38,42)/t22?,30-,32+/m0/s1. The number of aromatic nitrogens is 3. The lowest BCUT2D eigenvalue weighted by atomic mass is 10.0. The summed E-state index contributed by atoms with van der Waals surface area (Å²) in [4.78, 5) is 23.3. The van der Waals surface area contributed by atoms with Crippen molar-refractivity contribution in [3.8, 4) is 0 Å². The molecule has 0 aliphatic carbocycles. The molecule has 4 N–H and O–H groups in total. The number of carbonyl (C=O) groups excluding carboxylic acids is 1. The molecule has 2 aromatic heterocycles. The van der Waals surface area contributed by atoms with Gasteiger partial charge in [0.15, 0.2) is 0 Å². The van der Waals surface area contributed by atoms with Crippen LogP contribution in [0, 0.1) is 6.92 Å². The van der Waals surface area contributed by atoms with E-state index in [1.165, 1.54) is 5.56 Å². The van der Waals surface area contributed by atoms with Gasteiger partial charge in [-0.2, -0.15) is 0 Å². The molecule has 9 heteroatoms. The molecule has 0 spiro atoms. The van der Waals surface area contributed by atoms with Crippen LogP contribution in [0.2, 0.25) is 0 Å². The fourth-order valence-corrected chi connectivity index (χ4v) is 6.66. The van der Waals surface area contributed by atoms with Crippen molar-refractivity contribution in [2.24, 2.45) is 0 Å². The maximum atomic E-state index is 14.0. The first-order valence-corrected chi connectivity index (χ1v) is 15.9. The molecule has 6 rings (SSSR count). The minimum Gasteiger partial charge on any atom is -0.390 e. The molecule has 1 amide bonds. The number of benzene rings is 3. The number of rotatable bonds is 10. The van der Waals surface area contributed by atoms with Crippen LogP contribution in [0.25, 0.3) is 21.9 Å². The zero-order valence-electron chi connectivity index (χ0n) is 24.8. The van der Waals surface area contributed by atoms with Crippen molar-refractivity contribution in [2.45, 2.75) is 58.3 Å². The average Bonchev–Trinajstić information content (AvgIpc) is 3.34. The summed E-state index contributed by atoms with van der Waals surface area (Å²) in [6, 6.07) is 21.9. The fraction of sp³-hybridized carbons (Fsp3) is 0.324. The summed E-state index contributed by atoms with van der Waals surface area (Å²) in [5.74, 6) is 0.649. The van der Waals surface area contributed by atoms with E-state index in [0.29, 0.717) is 18.7 Å². The highest BCUT2D eigenvalue weighted by Gasteiger charge is 2.28. The van der Waals surface area contributed by atoms with Crippen LogP contribution in [0.3, 0.4) is 0 Å². The third-order valence-electron chi connectivity index (χ3n) is 8.14. The van der Waals surface area contributed by atoms with Gasteiger partial charge in [-0.05, 0) is 67.6 Å². The zero-order chi connectivity index (χ0) is 29.9. The van der Waals surface area contributed by atoms with Gasteiger partial charge in [-0.15, -0.1) is 0 Å². The highest BCUT2D eigenvalue weighted by molar-refractivity contribution is 8.00. The number of amides is 1. The van der Waals surface area contributed by atoms with Gasteiger partial charge >= 0.3 is 0 Å². The van der Waals surface area contributed by atoms with E-state index in [1.807, 2.05) is 61.5 Å². The van der Waals surface area contributed by atoms with Gasteiger partial charge in [0.05, 0.1) is 46.3 Å². The van der Waals surface area contributed by atoms with Gasteiger partial charge in [-0.3, -0.25) is 9.78 Å². The van der Waals surface area contributed by atoms with Gasteiger partial charge in [0.1, 0.15) is 5.69 Å². The molecule has 3 heterocycles. The number of aliphatic hydroxyl groups excluding tert-OH is 1. The monoisotopic (exact) mass is 594 g/mol. The van der Waals surface area contributed by atoms with E-state index < -0.39 is 12.1 Å². The minimum absolute atomic E-state index is 0.121. The molecule has 5 aromatic rings. The second kappa shape index (κ2) is 12.8. The van der Waals surface area contributed by atoms with Gasteiger partial charge in [0.25, 0.3) is 5.91 Å². The molecule has 0 fully saturated rings. The molecular weight excluding hydrogens is 556 g/mol. The van der Waals surface area contributed by atoms with E-state index in [4.69, 9.17) is 4.98 Å². The van der Waals surface area contributed by atoms with E-state index in [0.717, 1.165) is 56.6 Å². The van der Waals surface area contributed by atoms with Crippen LogP contribution in [-0.4, -0.2) is 50.0 Å². The summed E-state index contributed by atoms with van der Waals surface area (Å²) in [6.07, 6.45) is 2.32. The van der Waals surface area contributed by atoms with Crippen LogP contribution in [0.15, 0.2) is 72.9 Å². The Labute approximate surface area is 256 Å². The molecule has 43 heavy (non-hydrogen) atoms. The topological polar surface area (TPSA) is 104 Å². The van der Waals surface area contributed by atoms with E-state index in [-0.39, 0.29) is 18.5 Å². The van der Waals surface area contributed by atoms with Crippen LogP contribution >= 0.6 is 11.9 Å². The summed E-state index contributed by atoms with van der Waals surface area (Å²) in [7, 11) is 0. The quantitative estimate of drug-likeness (QED) is 0.157. The number of nitrogens with one attached hydrogen (secondary N) is 3. The van der Waals surface area contributed by atoms with Crippen LogP contribution in [0.5, 0.6) is 0 Å². The molecule has 1 aliphatic heterocycles. The highest BCUT2D eigenvalue weighted by atomic mass is 32.2. The van der Waals surface area contributed by atoms with Crippen molar-refractivity contribution in [3.63, 3.8) is 0 Å². The van der Waals surface area contributed by atoms with Gasteiger partial charge in [0.2, 0.25) is 0 Å². The number of anilines is 1. The maximum Gasteiger partial charge on any atom is 0.268 e. The molecule has 0 saturated carbocycles. The smallest absolute Gasteiger partial charge is 0.268 e. The highest BCUT2D eigenvalue weighted by Crippen LogP contribution is 2.37. The van der Waals surface area contributed by atoms with Crippen molar-refractivity contribution in [1.82, 2.24) is 25.2 Å². The van der Waals surface area contributed by atoms with Crippen molar-refractivity contribution < 1.29 is 9.90 Å². The second-order valence-corrected chi connectivity index (χ2v) is 12.2. The molecule has 0 radical (unpaired) electrons. The first-order valence-electron chi connectivity index (χ1n) is 14.9. The lowest BCUT2D eigenvalue weighted by Gasteiger charge is -2.25. The van der Waals surface area contributed by atoms with E-state index in [9.17, 15) is 9.90 Å². The zero-order valence-corrected chi connectivity index (χ0v) is 25.6. The maximum absolute atomic E-state index is 14.0. The molecule has 3 atom stereocenters. The van der Waals surface area contributed by atoms with Crippen molar-refractivity contribution in [3.05, 3.63) is 101 Å². The molecule has 1 aliphatic rings. The minimum atomic E-state index is -0.829. The number of aliphatic hydroxyl groups is 1. The lowest BCUT2D eigenvalue weighted by Crippen LogP contribution is -2.49. The molecule has 8 nitrogen and oxygen atoms in total. The Kier molecular flexibility index (Phi) is 8.65. The van der Waals surface area contributed by atoms with Crippen molar-refractivity contribution in [1.29, 1.82) is 0 Å². The van der Waals surface area contributed by atoms with E-state index in [1.54, 1.807) is 18.1 Å². The Bertz CT molecular complexity index is 1760. The van der Waals surface area contributed by atoms with E-state index in [2.05, 4.69) is 50.9 Å².